The van der Waals surface area contributed by atoms with Crippen molar-refractivity contribution in [2.24, 2.45) is 0 Å². The molecule has 0 aliphatic heterocycles. The van der Waals surface area contributed by atoms with Gasteiger partial charge in [0.1, 0.15) is 0 Å². The molecular formula is C15H15ClN2. The van der Waals surface area contributed by atoms with E-state index in [2.05, 4.69) is 29.7 Å². The zero-order chi connectivity index (χ0) is 13.5. The minimum atomic E-state index is 0.185. The molecule has 1 aromatic heterocycles. The predicted molar refractivity (Wildman–Crippen MR) is 80.2 cm³/mol. The van der Waals surface area contributed by atoms with Crippen LogP contribution in [0.1, 0.15) is 23.9 Å². The summed E-state index contributed by atoms with van der Waals surface area (Å²) < 4.78 is 0. The lowest BCUT2D eigenvalue weighted by atomic mass is 10.0. The molecule has 1 heterocycles. The quantitative estimate of drug-likeness (QED) is 0.571. The maximum atomic E-state index is 5.92. The third-order valence-electron chi connectivity index (χ3n) is 2.26. The van der Waals surface area contributed by atoms with Gasteiger partial charge in [-0.05, 0) is 24.6 Å². The Labute approximate surface area is 113 Å². The summed E-state index contributed by atoms with van der Waals surface area (Å²) in [5.74, 6) is 0. The van der Waals surface area contributed by atoms with E-state index in [4.69, 9.17) is 11.6 Å². The molecule has 3 heteroatoms. The Kier molecular flexibility index (Phi) is 5.28. The molecule has 0 spiro atoms. The van der Waals surface area contributed by atoms with Crippen molar-refractivity contribution >= 4 is 29.3 Å². The summed E-state index contributed by atoms with van der Waals surface area (Å²) in [6, 6.07) is 0. The summed E-state index contributed by atoms with van der Waals surface area (Å²) in [5.41, 5.74) is 3.09. The van der Waals surface area contributed by atoms with E-state index in [0.29, 0.717) is 5.69 Å². The van der Waals surface area contributed by atoms with Crippen molar-refractivity contribution in [3.8, 4) is 0 Å². The summed E-state index contributed by atoms with van der Waals surface area (Å²) in [4.78, 5) is 8.37. The lowest BCUT2D eigenvalue weighted by Gasteiger charge is -2.09. The first-order valence-corrected chi connectivity index (χ1v) is 5.83. The van der Waals surface area contributed by atoms with Gasteiger partial charge in [-0.1, -0.05) is 50.1 Å². The van der Waals surface area contributed by atoms with Gasteiger partial charge in [0.2, 0.25) is 5.28 Å². The number of hydrogen-bond acceptors (Lipinski definition) is 2. The van der Waals surface area contributed by atoms with Crippen molar-refractivity contribution in [3.05, 3.63) is 66.3 Å². The highest BCUT2D eigenvalue weighted by Gasteiger charge is 2.11. The Bertz CT molecular complexity index is 540. The first-order valence-electron chi connectivity index (χ1n) is 5.46. The van der Waals surface area contributed by atoms with Crippen LogP contribution >= 0.6 is 11.6 Å². The highest BCUT2D eigenvalue weighted by Crippen LogP contribution is 2.24. The second kappa shape index (κ2) is 6.72. The van der Waals surface area contributed by atoms with E-state index in [0.717, 1.165) is 16.8 Å². The Hall–Kier alpha value is -1.93. The summed E-state index contributed by atoms with van der Waals surface area (Å²) in [6.07, 6.45) is 10.7. The molecule has 0 atom stereocenters. The van der Waals surface area contributed by atoms with Crippen molar-refractivity contribution in [2.45, 2.75) is 6.92 Å². The third-order valence-corrected chi connectivity index (χ3v) is 2.43. The fraction of sp³-hybridized carbons (Fsp3) is 0.0667. The van der Waals surface area contributed by atoms with Crippen molar-refractivity contribution in [2.75, 3.05) is 0 Å². The van der Waals surface area contributed by atoms with E-state index < -0.39 is 0 Å². The van der Waals surface area contributed by atoms with Crippen molar-refractivity contribution in [1.29, 1.82) is 0 Å². The number of rotatable bonds is 5. The largest absolute Gasteiger partial charge is 0.223 e. The van der Waals surface area contributed by atoms with Gasteiger partial charge in [0.05, 0.1) is 11.4 Å². The molecule has 0 radical (unpaired) electrons. The lowest BCUT2D eigenvalue weighted by molar-refractivity contribution is 1.12. The van der Waals surface area contributed by atoms with Gasteiger partial charge in [-0.25, -0.2) is 9.97 Å². The number of halogens is 1. The Morgan fingerprint density at radius 2 is 1.89 bits per heavy atom. The molecule has 92 valence electrons. The average Bonchev–Trinajstić information content (AvgIpc) is 2.37. The van der Waals surface area contributed by atoms with E-state index in [1.54, 1.807) is 18.2 Å². The fourth-order valence-corrected chi connectivity index (χ4v) is 1.73. The smallest absolute Gasteiger partial charge is 0.218 e. The topological polar surface area (TPSA) is 25.8 Å². The zero-order valence-corrected chi connectivity index (χ0v) is 11.1. The molecule has 0 unspecified atom stereocenters. The number of nitrogens with zero attached hydrogens (tertiary/aromatic N) is 2. The van der Waals surface area contributed by atoms with Gasteiger partial charge < -0.3 is 0 Å². The molecule has 0 aliphatic carbocycles. The van der Waals surface area contributed by atoms with Gasteiger partial charge in [0, 0.05) is 11.1 Å². The molecule has 0 aromatic carbocycles. The molecule has 0 fully saturated rings. The molecule has 0 bridgehead atoms. The van der Waals surface area contributed by atoms with Gasteiger partial charge in [-0.3, -0.25) is 0 Å². The summed E-state index contributed by atoms with van der Waals surface area (Å²) >= 11 is 5.92. The van der Waals surface area contributed by atoms with Gasteiger partial charge in [-0.15, -0.1) is 0 Å². The van der Waals surface area contributed by atoms with Crippen LogP contribution in [-0.4, -0.2) is 9.97 Å². The monoisotopic (exact) mass is 258 g/mol. The number of aromatic nitrogens is 2. The molecule has 18 heavy (non-hydrogen) atoms. The van der Waals surface area contributed by atoms with Gasteiger partial charge in [0.15, 0.2) is 0 Å². The molecule has 0 saturated carbocycles. The summed E-state index contributed by atoms with van der Waals surface area (Å²) in [5, 5.41) is 0.185. The highest BCUT2D eigenvalue weighted by molar-refractivity contribution is 6.28. The number of allylic oxidation sites excluding steroid dienone is 5. The van der Waals surface area contributed by atoms with E-state index in [-0.39, 0.29) is 5.28 Å². The van der Waals surface area contributed by atoms with Crippen LogP contribution in [0.25, 0.3) is 17.7 Å². The molecule has 2 nitrogen and oxygen atoms in total. The Balaban J connectivity index is 3.60. The summed E-state index contributed by atoms with van der Waals surface area (Å²) in [6.45, 7) is 13.1. The molecule has 1 aromatic rings. The molecule has 0 aliphatic rings. The SMILES string of the molecule is C=C/C=C(\C=C/C)c1nc(Cl)nc(C=C)c1C=C. The molecule has 0 N–H and O–H groups in total. The highest BCUT2D eigenvalue weighted by atomic mass is 35.5. The van der Waals surface area contributed by atoms with Crippen molar-refractivity contribution < 1.29 is 0 Å². The van der Waals surface area contributed by atoms with E-state index in [9.17, 15) is 0 Å². The summed E-state index contributed by atoms with van der Waals surface area (Å²) in [7, 11) is 0. The van der Waals surface area contributed by atoms with Crippen molar-refractivity contribution in [1.82, 2.24) is 9.97 Å². The molecule has 0 saturated heterocycles. The van der Waals surface area contributed by atoms with Crippen LogP contribution in [-0.2, 0) is 0 Å². The Morgan fingerprint density at radius 3 is 2.39 bits per heavy atom. The van der Waals surface area contributed by atoms with Gasteiger partial charge in [0.25, 0.3) is 0 Å². The molecule has 1 rings (SSSR count). The van der Waals surface area contributed by atoms with Crippen LogP contribution in [0, 0.1) is 0 Å². The van der Waals surface area contributed by atoms with E-state index in [1.165, 1.54) is 0 Å². The van der Waals surface area contributed by atoms with Crippen LogP contribution in [0.15, 0.2) is 44.0 Å². The minimum absolute atomic E-state index is 0.185. The maximum absolute atomic E-state index is 5.92. The molecular weight excluding hydrogens is 244 g/mol. The van der Waals surface area contributed by atoms with Gasteiger partial charge in [-0.2, -0.15) is 0 Å². The standard InChI is InChI=1S/C15H15ClN2/c1-5-9-11(10-6-2)14-12(7-3)13(8-4)17-15(16)18-14/h5-10H,1,3-4H2,2H3/b10-6-,11-9+. The van der Waals surface area contributed by atoms with Crippen LogP contribution in [0.2, 0.25) is 5.28 Å². The minimum Gasteiger partial charge on any atom is -0.218 e. The second-order valence-electron chi connectivity index (χ2n) is 3.41. The Morgan fingerprint density at radius 1 is 1.17 bits per heavy atom. The molecule has 0 amide bonds. The first-order chi connectivity index (χ1) is 8.67. The maximum Gasteiger partial charge on any atom is 0.223 e. The van der Waals surface area contributed by atoms with Crippen LogP contribution in [0.3, 0.4) is 0 Å². The predicted octanol–water partition coefficient (Wildman–Crippen LogP) is 4.56. The second-order valence-corrected chi connectivity index (χ2v) is 3.74. The fourth-order valence-electron chi connectivity index (χ4n) is 1.56. The van der Waals surface area contributed by atoms with E-state index in [1.807, 2.05) is 25.2 Å². The third kappa shape index (κ3) is 3.05. The van der Waals surface area contributed by atoms with E-state index >= 15 is 0 Å². The lowest BCUT2D eigenvalue weighted by Crippen LogP contribution is -1.99. The van der Waals surface area contributed by atoms with Gasteiger partial charge >= 0.3 is 0 Å². The average molecular weight is 259 g/mol. The normalized spacial score (nSPS) is 11.6. The van der Waals surface area contributed by atoms with Crippen LogP contribution < -0.4 is 0 Å². The van der Waals surface area contributed by atoms with Crippen LogP contribution in [0.4, 0.5) is 0 Å². The van der Waals surface area contributed by atoms with Crippen LogP contribution in [0.5, 0.6) is 0 Å². The number of hydrogen-bond donors (Lipinski definition) is 0. The zero-order valence-electron chi connectivity index (χ0n) is 10.4. The first kappa shape index (κ1) is 14.1. The van der Waals surface area contributed by atoms with Crippen molar-refractivity contribution in [3.63, 3.8) is 0 Å².